The lowest BCUT2D eigenvalue weighted by Gasteiger charge is -2.16. The van der Waals surface area contributed by atoms with E-state index in [2.05, 4.69) is 12.1 Å². The van der Waals surface area contributed by atoms with Crippen molar-refractivity contribution < 1.29 is 14.7 Å². The number of benzene rings is 1. The molecule has 4 heteroatoms. The summed E-state index contributed by atoms with van der Waals surface area (Å²) in [5.74, 6) is -0.571. The van der Waals surface area contributed by atoms with Crippen molar-refractivity contribution in [2.75, 3.05) is 13.1 Å². The summed E-state index contributed by atoms with van der Waals surface area (Å²) in [5, 5.41) is 8.56. The van der Waals surface area contributed by atoms with Crippen LogP contribution in [0.25, 0.3) is 0 Å². The van der Waals surface area contributed by atoms with Crippen LogP contribution in [0.5, 0.6) is 0 Å². The average molecular weight is 247 g/mol. The van der Waals surface area contributed by atoms with Gasteiger partial charge in [-0.05, 0) is 12.0 Å². The molecule has 1 N–H and O–H groups in total. The first-order valence-corrected chi connectivity index (χ1v) is 6.21. The summed E-state index contributed by atoms with van der Waals surface area (Å²) in [6.07, 6.45) is 0.991. The molecule has 0 radical (unpaired) electrons. The number of likely N-dealkylation sites (tertiary alicyclic amines) is 1. The van der Waals surface area contributed by atoms with Crippen LogP contribution in [0.1, 0.15) is 30.7 Å². The summed E-state index contributed by atoms with van der Waals surface area (Å²) >= 11 is 0. The van der Waals surface area contributed by atoms with Gasteiger partial charge in [0.25, 0.3) is 0 Å². The Balaban J connectivity index is 1.88. The first kappa shape index (κ1) is 12.6. The number of amides is 1. The van der Waals surface area contributed by atoms with E-state index in [0.717, 1.165) is 13.0 Å². The Morgan fingerprint density at radius 3 is 2.61 bits per heavy atom. The van der Waals surface area contributed by atoms with Gasteiger partial charge in [0.2, 0.25) is 5.91 Å². The quantitative estimate of drug-likeness (QED) is 0.883. The van der Waals surface area contributed by atoms with Gasteiger partial charge in [0.15, 0.2) is 0 Å². The summed E-state index contributed by atoms with van der Waals surface area (Å²) in [5.41, 5.74) is 1.26. The maximum atomic E-state index is 11.8. The third-order valence-electron chi connectivity index (χ3n) is 3.36. The van der Waals surface area contributed by atoms with Gasteiger partial charge in [-0.1, -0.05) is 30.3 Å². The minimum atomic E-state index is -0.915. The van der Waals surface area contributed by atoms with Crippen LogP contribution in [0.2, 0.25) is 0 Å². The summed E-state index contributed by atoms with van der Waals surface area (Å²) in [7, 11) is 0. The van der Waals surface area contributed by atoms with Gasteiger partial charge in [-0.3, -0.25) is 9.59 Å². The molecule has 1 aromatic carbocycles. The van der Waals surface area contributed by atoms with E-state index in [1.165, 1.54) is 5.56 Å². The molecule has 0 bridgehead atoms. The molecule has 2 rings (SSSR count). The monoisotopic (exact) mass is 247 g/mol. The molecule has 1 saturated heterocycles. The summed E-state index contributed by atoms with van der Waals surface area (Å²) in [4.78, 5) is 24.0. The van der Waals surface area contributed by atoms with Crippen LogP contribution < -0.4 is 0 Å². The second-order valence-electron chi connectivity index (χ2n) is 4.63. The lowest BCUT2D eigenvalue weighted by atomic mass is 9.99. The third-order valence-corrected chi connectivity index (χ3v) is 3.36. The standard InChI is InChI=1S/C14H17NO3/c16-13(6-7-14(17)18)15-9-8-12(10-15)11-4-2-1-3-5-11/h1-5,12H,6-10H2,(H,17,18). The first-order valence-electron chi connectivity index (χ1n) is 6.21. The number of carbonyl (C=O) groups excluding carboxylic acids is 1. The van der Waals surface area contributed by atoms with Crippen molar-refractivity contribution in [3.63, 3.8) is 0 Å². The average Bonchev–Trinajstić information content (AvgIpc) is 2.86. The highest BCUT2D eigenvalue weighted by Gasteiger charge is 2.26. The maximum Gasteiger partial charge on any atom is 0.303 e. The number of carboxylic acid groups (broad SMARTS) is 1. The first-order chi connectivity index (χ1) is 8.66. The smallest absolute Gasteiger partial charge is 0.303 e. The molecule has 1 amide bonds. The van der Waals surface area contributed by atoms with Crippen LogP contribution in [-0.2, 0) is 9.59 Å². The molecule has 0 aliphatic carbocycles. The van der Waals surface area contributed by atoms with E-state index >= 15 is 0 Å². The number of carbonyl (C=O) groups is 2. The molecule has 0 spiro atoms. The Hall–Kier alpha value is -1.84. The predicted molar refractivity (Wildman–Crippen MR) is 67.2 cm³/mol. The van der Waals surface area contributed by atoms with E-state index < -0.39 is 5.97 Å². The number of hydrogen-bond donors (Lipinski definition) is 1. The fraction of sp³-hybridized carbons (Fsp3) is 0.429. The molecule has 1 aliphatic rings. The van der Waals surface area contributed by atoms with E-state index in [9.17, 15) is 9.59 Å². The van der Waals surface area contributed by atoms with E-state index in [1.807, 2.05) is 18.2 Å². The van der Waals surface area contributed by atoms with Gasteiger partial charge in [-0.15, -0.1) is 0 Å². The van der Waals surface area contributed by atoms with Gasteiger partial charge in [0.05, 0.1) is 6.42 Å². The molecule has 1 heterocycles. The van der Waals surface area contributed by atoms with Crippen molar-refractivity contribution in [3.05, 3.63) is 35.9 Å². The zero-order chi connectivity index (χ0) is 13.0. The van der Waals surface area contributed by atoms with Crippen LogP contribution in [0, 0.1) is 0 Å². The van der Waals surface area contributed by atoms with Gasteiger partial charge < -0.3 is 10.0 Å². The fourth-order valence-electron chi connectivity index (χ4n) is 2.36. The van der Waals surface area contributed by atoms with Crippen LogP contribution in [0.3, 0.4) is 0 Å². The minimum absolute atomic E-state index is 0.0455. The summed E-state index contributed by atoms with van der Waals surface area (Å²) in [6, 6.07) is 10.1. The Labute approximate surface area is 106 Å². The van der Waals surface area contributed by atoms with E-state index in [-0.39, 0.29) is 18.7 Å². The lowest BCUT2D eigenvalue weighted by molar-refractivity contribution is -0.140. The lowest BCUT2D eigenvalue weighted by Crippen LogP contribution is -2.28. The highest BCUT2D eigenvalue weighted by molar-refractivity contribution is 5.81. The molecule has 1 aliphatic heterocycles. The zero-order valence-corrected chi connectivity index (χ0v) is 10.2. The number of hydrogen-bond acceptors (Lipinski definition) is 2. The van der Waals surface area contributed by atoms with Gasteiger partial charge >= 0.3 is 5.97 Å². The zero-order valence-electron chi connectivity index (χ0n) is 10.2. The van der Waals surface area contributed by atoms with E-state index in [0.29, 0.717) is 12.5 Å². The van der Waals surface area contributed by atoms with E-state index in [4.69, 9.17) is 5.11 Å². The van der Waals surface area contributed by atoms with Gasteiger partial charge in [-0.25, -0.2) is 0 Å². The normalized spacial score (nSPS) is 18.9. The number of rotatable bonds is 4. The fourth-order valence-corrected chi connectivity index (χ4v) is 2.36. The molecule has 1 unspecified atom stereocenters. The highest BCUT2D eigenvalue weighted by atomic mass is 16.4. The van der Waals surface area contributed by atoms with Crippen LogP contribution >= 0.6 is 0 Å². The van der Waals surface area contributed by atoms with Crippen molar-refractivity contribution in [3.8, 4) is 0 Å². The maximum absolute atomic E-state index is 11.8. The minimum Gasteiger partial charge on any atom is -0.481 e. The van der Waals surface area contributed by atoms with Crippen molar-refractivity contribution in [2.45, 2.75) is 25.2 Å². The molecule has 1 atom stereocenters. The summed E-state index contributed by atoms with van der Waals surface area (Å²) < 4.78 is 0. The molecule has 0 aromatic heterocycles. The third kappa shape index (κ3) is 3.09. The van der Waals surface area contributed by atoms with Crippen molar-refractivity contribution >= 4 is 11.9 Å². The van der Waals surface area contributed by atoms with Gasteiger partial charge in [0.1, 0.15) is 0 Å². The molecular weight excluding hydrogens is 230 g/mol. The van der Waals surface area contributed by atoms with Crippen molar-refractivity contribution in [1.29, 1.82) is 0 Å². The number of aliphatic carboxylic acids is 1. The van der Waals surface area contributed by atoms with Gasteiger partial charge in [-0.2, -0.15) is 0 Å². The largest absolute Gasteiger partial charge is 0.481 e. The Kier molecular flexibility index (Phi) is 3.97. The molecule has 0 saturated carbocycles. The Bertz CT molecular complexity index is 430. The molecule has 1 fully saturated rings. The Morgan fingerprint density at radius 1 is 1.22 bits per heavy atom. The molecule has 18 heavy (non-hydrogen) atoms. The second kappa shape index (κ2) is 5.67. The molecule has 96 valence electrons. The predicted octanol–water partition coefficient (Wildman–Crippen LogP) is 1.87. The van der Waals surface area contributed by atoms with Crippen LogP contribution in [0.15, 0.2) is 30.3 Å². The number of carboxylic acids is 1. The highest BCUT2D eigenvalue weighted by Crippen LogP contribution is 2.27. The Morgan fingerprint density at radius 2 is 1.94 bits per heavy atom. The molecule has 4 nitrogen and oxygen atoms in total. The van der Waals surface area contributed by atoms with Gasteiger partial charge in [0, 0.05) is 25.4 Å². The summed E-state index contributed by atoms with van der Waals surface area (Å²) in [6.45, 7) is 1.44. The van der Waals surface area contributed by atoms with Crippen LogP contribution in [0.4, 0.5) is 0 Å². The van der Waals surface area contributed by atoms with Crippen LogP contribution in [-0.4, -0.2) is 35.0 Å². The van der Waals surface area contributed by atoms with E-state index in [1.54, 1.807) is 4.90 Å². The molecule has 1 aromatic rings. The number of nitrogens with zero attached hydrogens (tertiary/aromatic N) is 1. The second-order valence-corrected chi connectivity index (χ2v) is 4.63. The van der Waals surface area contributed by atoms with Crippen molar-refractivity contribution in [2.24, 2.45) is 0 Å². The molecular formula is C14H17NO3. The topological polar surface area (TPSA) is 57.6 Å². The van der Waals surface area contributed by atoms with Crippen molar-refractivity contribution in [1.82, 2.24) is 4.90 Å². The SMILES string of the molecule is O=C(O)CCC(=O)N1CCC(c2ccccc2)C1.